The molecular weight excluding hydrogens is 396 g/mol. The van der Waals surface area contributed by atoms with Gasteiger partial charge in [0, 0.05) is 30.4 Å². The van der Waals surface area contributed by atoms with E-state index in [1.54, 1.807) is 0 Å². The van der Waals surface area contributed by atoms with E-state index in [1.807, 2.05) is 0 Å². The Balaban J connectivity index is 1.46. The van der Waals surface area contributed by atoms with Crippen molar-refractivity contribution in [3.05, 3.63) is 17.8 Å². The van der Waals surface area contributed by atoms with Gasteiger partial charge in [-0.1, -0.05) is 0 Å². The highest BCUT2D eigenvalue weighted by Crippen LogP contribution is 2.37. The predicted octanol–water partition coefficient (Wildman–Crippen LogP) is 1.41. The van der Waals surface area contributed by atoms with Gasteiger partial charge in [0.15, 0.2) is 5.82 Å². The van der Waals surface area contributed by atoms with Crippen LogP contribution in [0.15, 0.2) is 12.3 Å². The molecule has 30 heavy (non-hydrogen) atoms. The Morgan fingerprint density at radius 2 is 1.57 bits per heavy atom. The average Bonchev–Trinajstić information content (AvgIpc) is 3.54. The van der Waals surface area contributed by atoms with Gasteiger partial charge in [0.2, 0.25) is 11.9 Å². The topological polar surface area (TPSA) is 103 Å². The molecule has 2 aromatic rings. The van der Waals surface area contributed by atoms with Crippen molar-refractivity contribution in [3.8, 4) is 11.4 Å². The first kappa shape index (κ1) is 18.1. The minimum Gasteiger partial charge on any atom is -0.384 e. The SMILES string of the molecule is Nc1cc(C(F)F)c(-c2nc(N3C[C@H]4C[C@@H]3CO4)nc(N3C[C@H]4C[C@@H]3CO4)n2)cn1. The number of anilines is 3. The molecule has 4 atom stereocenters. The van der Waals surface area contributed by atoms with Crippen LogP contribution in [0.2, 0.25) is 0 Å². The standard InChI is InChI=1S/C19H21F2N7O2/c20-16(21)13-3-15(22)23-4-14(13)17-24-18(27-5-11-1-9(27)7-29-11)26-19(25-17)28-6-12-2-10(28)8-30-12/h3-4,9-12,16H,1-2,5-8H2,(H2,22,23)/t9-,10-,11-,12-/m1/s1. The molecule has 4 bridgehead atoms. The number of rotatable bonds is 4. The molecule has 0 unspecified atom stereocenters. The van der Waals surface area contributed by atoms with Gasteiger partial charge in [-0.25, -0.2) is 13.8 Å². The molecule has 4 aliphatic heterocycles. The van der Waals surface area contributed by atoms with Crippen molar-refractivity contribution in [1.29, 1.82) is 0 Å². The maximum atomic E-state index is 13.7. The smallest absolute Gasteiger partial charge is 0.264 e. The number of hydrogen-bond donors (Lipinski definition) is 1. The number of nitrogen functional groups attached to an aromatic ring is 1. The third-order valence-electron chi connectivity index (χ3n) is 6.36. The first-order chi connectivity index (χ1) is 14.5. The fraction of sp³-hybridized carbons (Fsp3) is 0.579. The van der Waals surface area contributed by atoms with Gasteiger partial charge < -0.3 is 25.0 Å². The van der Waals surface area contributed by atoms with Gasteiger partial charge in [-0.3, -0.25) is 0 Å². The second kappa shape index (κ2) is 6.67. The molecule has 9 nitrogen and oxygen atoms in total. The van der Waals surface area contributed by atoms with Gasteiger partial charge in [0.1, 0.15) is 5.82 Å². The summed E-state index contributed by atoms with van der Waals surface area (Å²) in [7, 11) is 0. The number of pyridine rings is 1. The van der Waals surface area contributed by atoms with E-state index in [1.165, 1.54) is 12.3 Å². The lowest BCUT2D eigenvalue weighted by atomic mass is 10.1. The summed E-state index contributed by atoms with van der Waals surface area (Å²) in [5.41, 5.74) is 5.58. The zero-order chi connectivity index (χ0) is 20.4. The molecule has 0 amide bonds. The molecule has 0 aromatic carbocycles. The van der Waals surface area contributed by atoms with Gasteiger partial charge >= 0.3 is 0 Å². The number of morpholine rings is 2. The van der Waals surface area contributed by atoms with E-state index in [9.17, 15) is 8.78 Å². The molecule has 0 radical (unpaired) electrons. The summed E-state index contributed by atoms with van der Waals surface area (Å²) < 4.78 is 38.8. The van der Waals surface area contributed by atoms with Gasteiger partial charge in [-0.2, -0.15) is 15.0 Å². The van der Waals surface area contributed by atoms with Crippen LogP contribution in [0, 0.1) is 0 Å². The molecule has 4 fully saturated rings. The average molecular weight is 417 g/mol. The molecular formula is C19H21F2N7O2. The Bertz CT molecular complexity index is 947. The largest absolute Gasteiger partial charge is 0.384 e. The lowest BCUT2D eigenvalue weighted by molar-refractivity contribution is 0.0980. The minimum absolute atomic E-state index is 0.0338. The quantitative estimate of drug-likeness (QED) is 0.791. The number of nitrogens with two attached hydrogens (primary N) is 1. The van der Waals surface area contributed by atoms with Crippen LogP contribution in [0.25, 0.3) is 11.4 Å². The van der Waals surface area contributed by atoms with Crippen LogP contribution in [0.5, 0.6) is 0 Å². The zero-order valence-corrected chi connectivity index (χ0v) is 16.1. The van der Waals surface area contributed by atoms with Crippen molar-refractivity contribution in [2.75, 3.05) is 41.8 Å². The molecule has 6 heterocycles. The summed E-state index contributed by atoms with van der Waals surface area (Å²) in [6.45, 7) is 2.61. The normalized spacial score (nSPS) is 29.6. The number of aromatic nitrogens is 4. The monoisotopic (exact) mass is 417 g/mol. The van der Waals surface area contributed by atoms with E-state index in [0.717, 1.165) is 12.8 Å². The summed E-state index contributed by atoms with van der Waals surface area (Å²) in [5, 5.41) is 0. The molecule has 2 aromatic heterocycles. The third-order valence-corrected chi connectivity index (χ3v) is 6.36. The summed E-state index contributed by atoms with van der Waals surface area (Å²) in [4.78, 5) is 22.1. The predicted molar refractivity (Wildman–Crippen MR) is 103 cm³/mol. The molecule has 0 aliphatic carbocycles. The Morgan fingerprint density at radius 1 is 0.967 bits per heavy atom. The highest BCUT2D eigenvalue weighted by Gasteiger charge is 2.43. The van der Waals surface area contributed by atoms with E-state index in [4.69, 9.17) is 20.2 Å². The van der Waals surface area contributed by atoms with Gasteiger partial charge in [0.05, 0.1) is 37.5 Å². The van der Waals surface area contributed by atoms with E-state index < -0.39 is 6.43 Å². The number of alkyl halides is 2. The first-order valence-corrected chi connectivity index (χ1v) is 10.1. The Morgan fingerprint density at radius 3 is 2.03 bits per heavy atom. The van der Waals surface area contributed by atoms with Crippen LogP contribution >= 0.6 is 0 Å². The van der Waals surface area contributed by atoms with Crippen molar-refractivity contribution in [2.24, 2.45) is 0 Å². The molecule has 2 N–H and O–H groups in total. The van der Waals surface area contributed by atoms with E-state index in [2.05, 4.69) is 24.8 Å². The number of hydrogen-bond acceptors (Lipinski definition) is 9. The summed E-state index contributed by atoms with van der Waals surface area (Å²) in [6, 6.07) is 1.56. The molecule has 6 rings (SSSR count). The van der Waals surface area contributed by atoms with Crippen LogP contribution in [-0.4, -0.2) is 70.5 Å². The van der Waals surface area contributed by atoms with E-state index in [-0.39, 0.29) is 47.1 Å². The fourth-order valence-corrected chi connectivity index (χ4v) is 4.88. The zero-order valence-electron chi connectivity index (χ0n) is 16.1. The molecule has 4 aliphatic rings. The number of halogens is 2. The molecule has 0 saturated carbocycles. The Kier molecular flexibility index (Phi) is 4.03. The van der Waals surface area contributed by atoms with Crippen LogP contribution in [0.1, 0.15) is 24.8 Å². The molecule has 158 valence electrons. The number of nitrogens with zero attached hydrogens (tertiary/aromatic N) is 6. The van der Waals surface area contributed by atoms with Crippen LogP contribution in [0.3, 0.4) is 0 Å². The third kappa shape index (κ3) is 2.87. The van der Waals surface area contributed by atoms with Crippen molar-refractivity contribution in [1.82, 2.24) is 19.9 Å². The lowest BCUT2D eigenvalue weighted by Crippen LogP contribution is -2.40. The van der Waals surface area contributed by atoms with Crippen molar-refractivity contribution in [3.63, 3.8) is 0 Å². The van der Waals surface area contributed by atoms with Crippen molar-refractivity contribution >= 4 is 17.7 Å². The highest BCUT2D eigenvalue weighted by atomic mass is 19.3. The van der Waals surface area contributed by atoms with Gasteiger partial charge in [-0.15, -0.1) is 0 Å². The molecule has 11 heteroatoms. The summed E-state index contributed by atoms with van der Waals surface area (Å²) >= 11 is 0. The second-order valence-electron chi connectivity index (χ2n) is 8.25. The Labute approximate surface area is 171 Å². The Hall–Kier alpha value is -2.66. The fourth-order valence-electron chi connectivity index (χ4n) is 4.88. The number of fused-ring (bicyclic) bond motifs is 4. The second-order valence-corrected chi connectivity index (χ2v) is 8.25. The van der Waals surface area contributed by atoms with Crippen LogP contribution in [-0.2, 0) is 9.47 Å². The van der Waals surface area contributed by atoms with Crippen LogP contribution < -0.4 is 15.5 Å². The van der Waals surface area contributed by atoms with Gasteiger partial charge in [0.25, 0.3) is 6.43 Å². The molecule has 4 saturated heterocycles. The summed E-state index contributed by atoms with van der Waals surface area (Å²) in [6.07, 6.45) is 0.753. The molecule has 0 spiro atoms. The van der Waals surface area contributed by atoms with Crippen molar-refractivity contribution < 1.29 is 18.3 Å². The summed E-state index contributed by atoms with van der Waals surface area (Å²) in [5.74, 6) is 1.20. The minimum atomic E-state index is -2.72. The van der Waals surface area contributed by atoms with Crippen LogP contribution in [0.4, 0.5) is 26.5 Å². The highest BCUT2D eigenvalue weighted by molar-refractivity contribution is 5.64. The number of ether oxygens (including phenoxy) is 2. The lowest BCUT2D eigenvalue weighted by Gasteiger charge is -2.30. The van der Waals surface area contributed by atoms with Crippen molar-refractivity contribution in [2.45, 2.75) is 43.6 Å². The first-order valence-electron chi connectivity index (χ1n) is 10.1. The van der Waals surface area contributed by atoms with E-state index in [0.29, 0.717) is 38.2 Å². The maximum absolute atomic E-state index is 13.7. The van der Waals surface area contributed by atoms with E-state index >= 15 is 0 Å². The van der Waals surface area contributed by atoms with Gasteiger partial charge in [-0.05, 0) is 18.9 Å². The maximum Gasteiger partial charge on any atom is 0.264 e.